The molecule has 0 atom stereocenters. The number of piperidine rings is 1. The lowest BCUT2D eigenvalue weighted by Gasteiger charge is -2.36. The SMILES string of the molecule is CC(C)CN1CCC(N(C)S(C)(=O)=O)CC1. The van der Waals surface area contributed by atoms with Crippen LogP contribution in [-0.2, 0) is 10.0 Å². The molecule has 4 nitrogen and oxygen atoms in total. The summed E-state index contributed by atoms with van der Waals surface area (Å²) in [6, 6.07) is 0.193. The summed E-state index contributed by atoms with van der Waals surface area (Å²) in [5.41, 5.74) is 0. The Morgan fingerprint density at radius 3 is 2.19 bits per heavy atom. The second-order valence-corrected chi connectivity index (χ2v) is 7.25. The molecule has 0 unspecified atom stereocenters. The highest BCUT2D eigenvalue weighted by molar-refractivity contribution is 7.88. The Morgan fingerprint density at radius 2 is 1.81 bits per heavy atom. The predicted octanol–water partition coefficient (Wildman–Crippen LogP) is 0.998. The van der Waals surface area contributed by atoms with Crippen LogP contribution in [0, 0.1) is 5.92 Å². The van der Waals surface area contributed by atoms with Crippen molar-refractivity contribution in [3.8, 4) is 0 Å². The molecule has 1 heterocycles. The van der Waals surface area contributed by atoms with Crippen LogP contribution in [0.15, 0.2) is 0 Å². The Hall–Kier alpha value is -0.130. The van der Waals surface area contributed by atoms with Crippen LogP contribution in [0.3, 0.4) is 0 Å². The van der Waals surface area contributed by atoms with Crippen LogP contribution in [0.2, 0.25) is 0 Å². The fraction of sp³-hybridized carbons (Fsp3) is 1.00. The third kappa shape index (κ3) is 4.03. The zero-order chi connectivity index (χ0) is 12.3. The number of sulfonamides is 1. The Morgan fingerprint density at radius 1 is 1.31 bits per heavy atom. The van der Waals surface area contributed by atoms with Gasteiger partial charge in [0.15, 0.2) is 0 Å². The highest BCUT2D eigenvalue weighted by atomic mass is 32.2. The van der Waals surface area contributed by atoms with Gasteiger partial charge in [-0.15, -0.1) is 0 Å². The van der Waals surface area contributed by atoms with Gasteiger partial charge in [0, 0.05) is 19.6 Å². The van der Waals surface area contributed by atoms with Crippen LogP contribution in [0.25, 0.3) is 0 Å². The first-order valence-electron chi connectivity index (χ1n) is 5.96. The maximum atomic E-state index is 11.4. The molecule has 1 aliphatic heterocycles. The molecule has 1 saturated heterocycles. The lowest BCUT2D eigenvalue weighted by molar-refractivity contribution is 0.157. The van der Waals surface area contributed by atoms with Gasteiger partial charge in [0.2, 0.25) is 10.0 Å². The fourth-order valence-corrected chi connectivity index (χ4v) is 3.01. The summed E-state index contributed by atoms with van der Waals surface area (Å²) in [6.07, 6.45) is 3.19. The summed E-state index contributed by atoms with van der Waals surface area (Å²) < 4.78 is 24.3. The lowest BCUT2D eigenvalue weighted by atomic mass is 10.0. The minimum absolute atomic E-state index is 0.193. The van der Waals surface area contributed by atoms with E-state index in [-0.39, 0.29) is 6.04 Å². The van der Waals surface area contributed by atoms with Crippen LogP contribution < -0.4 is 0 Å². The van der Waals surface area contributed by atoms with Gasteiger partial charge in [0.05, 0.1) is 6.26 Å². The van der Waals surface area contributed by atoms with E-state index in [1.807, 2.05) is 0 Å². The first-order valence-corrected chi connectivity index (χ1v) is 7.81. The third-order valence-corrected chi connectivity index (χ3v) is 4.56. The number of nitrogens with zero attached hydrogens (tertiary/aromatic N) is 2. The van der Waals surface area contributed by atoms with E-state index in [0.717, 1.165) is 32.5 Å². The third-order valence-electron chi connectivity index (χ3n) is 3.22. The van der Waals surface area contributed by atoms with Crippen molar-refractivity contribution in [2.24, 2.45) is 5.92 Å². The molecule has 1 aliphatic rings. The number of rotatable bonds is 4. The lowest BCUT2D eigenvalue weighted by Crippen LogP contribution is -2.45. The zero-order valence-electron chi connectivity index (χ0n) is 10.8. The molecule has 0 aromatic rings. The smallest absolute Gasteiger partial charge is 0.211 e. The monoisotopic (exact) mass is 248 g/mol. The van der Waals surface area contributed by atoms with E-state index < -0.39 is 10.0 Å². The van der Waals surface area contributed by atoms with E-state index in [2.05, 4.69) is 18.7 Å². The van der Waals surface area contributed by atoms with Crippen LogP contribution in [-0.4, -0.2) is 56.6 Å². The van der Waals surface area contributed by atoms with Crippen molar-refractivity contribution < 1.29 is 8.42 Å². The summed E-state index contributed by atoms with van der Waals surface area (Å²) in [5.74, 6) is 0.684. The second-order valence-electron chi connectivity index (χ2n) is 5.20. The maximum Gasteiger partial charge on any atom is 0.211 e. The quantitative estimate of drug-likeness (QED) is 0.745. The normalized spacial score (nSPS) is 20.9. The largest absolute Gasteiger partial charge is 0.303 e. The van der Waals surface area contributed by atoms with Gasteiger partial charge in [-0.05, 0) is 31.8 Å². The standard InChI is InChI=1S/C11H24N2O2S/c1-10(2)9-13-7-5-11(6-8-13)12(3)16(4,14)15/h10-11H,5-9H2,1-4H3. The van der Waals surface area contributed by atoms with E-state index in [1.54, 1.807) is 7.05 Å². The highest BCUT2D eigenvalue weighted by Gasteiger charge is 2.26. The highest BCUT2D eigenvalue weighted by Crippen LogP contribution is 2.18. The molecule has 0 N–H and O–H groups in total. The van der Waals surface area contributed by atoms with Crippen LogP contribution in [0.5, 0.6) is 0 Å². The molecule has 0 bridgehead atoms. The average molecular weight is 248 g/mol. The molecule has 96 valence electrons. The van der Waals surface area contributed by atoms with Gasteiger partial charge in [-0.1, -0.05) is 13.8 Å². The van der Waals surface area contributed by atoms with E-state index in [9.17, 15) is 8.42 Å². The van der Waals surface area contributed by atoms with Crippen molar-refractivity contribution in [2.45, 2.75) is 32.7 Å². The predicted molar refractivity (Wildman–Crippen MR) is 66.9 cm³/mol. The molecule has 0 amide bonds. The van der Waals surface area contributed by atoms with Crippen molar-refractivity contribution in [1.82, 2.24) is 9.21 Å². The minimum Gasteiger partial charge on any atom is -0.303 e. The summed E-state index contributed by atoms with van der Waals surface area (Å²) in [4.78, 5) is 2.43. The van der Waals surface area contributed by atoms with Gasteiger partial charge in [-0.3, -0.25) is 0 Å². The number of hydrogen-bond donors (Lipinski definition) is 0. The molecule has 16 heavy (non-hydrogen) atoms. The zero-order valence-corrected chi connectivity index (χ0v) is 11.6. The summed E-state index contributed by atoms with van der Waals surface area (Å²) in [7, 11) is -1.34. The molecule has 1 fully saturated rings. The Kier molecular flexibility index (Phi) is 4.76. The van der Waals surface area contributed by atoms with E-state index in [4.69, 9.17) is 0 Å². The molecule has 0 aliphatic carbocycles. The van der Waals surface area contributed by atoms with Gasteiger partial charge < -0.3 is 4.90 Å². The fourth-order valence-electron chi connectivity index (χ4n) is 2.25. The van der Waals surface area contributed by atoms with Gasteiger partial charge >= 0.3 is 0 Å². The van der Waals surface area contributed by atoms with Crippen LogP contribution >= 0.6 is 0 Å². The van der Waals surface area contributed by atoms with E-state index >= 15 is 0 Å². The second kappa shape index (κ2) is 5.47. The van der Waals surface area contributed by atoms with Gasteiger partial charge in [0.1, 0.15) is 0 Å². The van der Waals surface area contributed by atoms with Gasteiger partial charge in [-0.2, -0.15) is 0 Å². The van der Waals surface area contributed by atoms with Crippen molar-refractivity contribution in [3.05, 3.63) is 0 Å². The molecule has 0 aromatic carbocycles. The molecule has 5 heteroatoms. The van der Waals surface area contributed by atoms with Crippen LogP contribution in [0.1, 0.15) is 26.7 Å². The summed E-state index contributed by atoms with van der Waals surface area (Å²) in [5, 5.41) is 0. The molecule has 0 spiro atoms. The summed E-state index contributed by atoms with van der Waals surface area (Å²) in [6.45, 7) is 7.59. The van der Waals surface area contributed by atoms with Crippen molar-refractivity contribution >= 4 is 10.0 Å². The average Bonchev–Trinajstić information content (AvgIpc) is 2.15. The van der Waals surface area contributed by atoms with E-state index in [0.29, 0.717) is 5.92 Å². The number of hydrogen-bond acceptors (Lipinski definition) is 3. The first kappa shape index (κ1) is 13.9. The molecular formula is C11H24N2O2S. The van der Waals surface area contributed by atoms with Gasteiger partial charge in [0.25, 0.3) is 0 Å². The summed E-state index contributed by atoms with van der Waals surface area (Å²) >= 11 is 0. The maximum absolute atomic E-state index is 11.4. The Bertz CT molecular complexity index is 306. The molecule has 1 rings (SSSR count). The minimum atomic E-state index is -3.03. The first-order chi connectivity index (χ1) is 7.30. The molecule has 0 saturated carbocycles. The van der Waals surface area contributed by atoms with Crippen LogP contribution in [0.4, 0.5) is 0 Å². The molecule has 0 aromatic heterocycles. The van der Waals surface area contributed by atoms with Crippen molar-refractivity contribution in [2.75, 3.05) is 32.9 Å². The van der Waals surface area contributed by atoms with Gasteiger partial charge in [-0.25, -0.2) is 12.7 Å². The number of likely N-dealkylation sites (tertiary alicyclic amines) is 1. The Labute approximate surface area is 99.7 Å². The Balaban J connectivity index is 2.43. The molecule has 0 radical (unpaired) electrons. The van der Waals surface area contributed by atoms with E-state index in [1.165, 1.54) is 10.6 Å². The molecular weight excluding hydrogens is 224 g/mol. The topological polar surface area (TPSA) is 40.6 Å². The van der Waals surface area contributed by atoms with Crippen molar-refractivity contribution in [3.63, 3.8) is 0 Å². The van der Waals surface area contributed by atoms with Crippen molar-refractivity contribution in [1.29, 1.82) is 0 Å².